The summed E-state index contributed by atoms with van der Waals surface area (Å²) in [5.41, 5.74) is 10.4. The minimum Gasteiger partial charge on any atom is -0.326 e. The molecule has 2 aromatic heterocycles. The van der Waals surface area contributed by atoms with Crippen molar-refractivity contribution in [2.24, 2.45) is 5.73 Å². The van der Waals surface area contributed by atoms with Crippen LogP contribution in [0.2, 0.25) is 0 Å². The SMILES string of the molecule is NCc1cccc(-c2nnc3cnc4ccccc4n23)c1. The van der Waals surface area contributed by atoms with Gasteiger partial charge in [0.2, 0.25) is 0 Å². The molecule has 2 N–H and O–H groups in total. The molecule has 0 radical (unpaired) electrons. The van der Waals surface area contributed by atoms with Gasteiger partial charge in [-0.25, -0.2) is 0 Å². The van der Waals surface area contributed by atoms with Crippen molar-refractivity contribution in [1.82, 2.24) is 19.6 Å². The van der Waals surface area contributed by atoms with Gasteiger partial charge in [0, 0.05) is 12.1 Å². The summed E-state index contributed by atoms with van der Waals surface area (Å²) in [4.78, 5) is 4.41. The molecule has 5 heteroatoms. The van der Waals surface area contributed by atoms with Crippen molar-refractivity contribution in [3.8, 4) is 11.4 Å². The number of benzene rings is 2. The fourth-order valence-electron chi connectivity index (χ4n) is 2.53. The molecule has 102 valence electrons. The number of fused-ring (bicyclic) bond motifs is 3. The quantitative estimate of drug-likeness (QED) is 0.610. The average molecular weight is 275 g/mol. The van der Waals surface area contributed by atoms with Crippen LogP contribution in [0.5, 0.6) is 0 Å². The second kappa shape index (κ2) is 4.64. The van der Waals surface area contributed by atoms with E-state index in [9.17, 15) is 0 Å². The zero-order valence-corrected chi connectivity index (χ0v) is 11.3. The number of nitrogens with two attached hydrogens (primary N) is 1. The Morgan fingerprint density at radius 1 is 1.00 bits per heavy atom. The fourth-order valence-corrected chi connectivity index (χ4v) is 2.53. The molecule has 4 aromatic rings. The van der Waals surface area contributed by atoms with Crippen molar-refractivity contribution in [2.45, 2.75) is 6.54 Å². The zero-order chi connectivity index (χ0) is 14.2. The lowest BCUT2D eigenvalue weighted by molar-refractivity contribution is 1.07. The number of rotatable bonds is 2. The van der Waals surface area contributed by atoms with Crippen molar-refractivity contribution >= 4 is 16.7 Å². The third-order valence-electron chi connectivity index (χ3n) is 3.55. The standard InChI is InChI=1S/C16H13N5/c17-9-11-4-3-5-12(8-11)16-20-19-15-10-18-13-6-1-2-7-14(13)21(15)16/h1-8,10H,9,17H2. The summed E-state index contributed by atoms with van der Waals surface area (Å²) in [5.74, 6) is 0.805. The molecule has 0 amide bonds. The third-order valence-corrected chi connectivity index (χ3v) is 3.55. The first-order valence-electron chi connectivity index (χ1n) is 6.75. The highest BCUT2D eigenvalue weighted by Gasteiger charge is 2.11. The first-order valence-corrected chi connectivity index (χ1v) is 6.75. The number of aromatic nitrogens is 4. The van der Waals surface area contributed by atoms with Gasteiger partial charge in [-0.3, -0.25) is 9.38 Å². The highest BCUT2D eigenvalue weighted by Crippen LogP contribution is 2.23. The van der Waals surface area contributed by atoms with E-state index in [2.05, 4.69) is 15.2 Å². The van der Waals surface area contributed by atoms with Crippen molar-refractivity contribution in [3.63, 3.8) is 0 Å². The Kier molecular flexibility index (Phi) is 2.65. The first-order chi connectivity index (χ1) is 10.4. The van der Waals surface area contributed by atoms with Gasteiger partial charge in [0.05, 0.1) is 17.2 Å². The highest BCUT2D eigenvalue weighted by atomic mass is 15.3. The lowest BCUT2D eigenvalue weighted by atomic mass is 10.1. The molecule has 0 aliphatic heterocycles. The minimum absolute atomic E-state index is 0.507. The summed E-state index contributed by atoms with van der Waals surface area (Å²) in [7, 11) is 0. The van der Waals surface area contributed by atoms with Crippen LogP contribution in [0.15, 0.2) is 54.7 Å². The monoisotopic (exact) mass is 275 g/mol. The maximum Gasteiger partial charge on any atom is 0.180 e. The molecule has 0 atom stereocenters. The van der Waals surface area contributed by atoms with Gasteiger partial charge in [-0.15, -0.1) is 10.2 Å². The molecular weight excluding hydrogens is 262 g/mol. The van der Waals surface area contributed by atoms with Crippen molar-refractivity contribution in [2.75, 3.05) is 0 Å². The van der Waals surface area contributed by atoms with Gasteiger partial charge < -0.3 is 5.73 Å². The molecule has 5 nitrogen and oxygen atoms in total. The summed E-state index contributed by atoms with van der Waals surface area (Å²) < 4.78 is 2.03. The van der Waals surface area contributed by atoms with Gasteiger partial charge in [-0.1, -0.05) is 30.3 Å². The van der Waals surface area contributed by atoms with E-state index in [-0.39, 0.29) is 0 Å². The zero-order valence-electron chi connectivity index (χ0n) is 11.3. The van der Waals surface area contributed by atoms with Gasteiger partial charge in [0.15, 0.2) is 11.5 Å². The van der Waals surface area contributed by atoms with Crippen LogP contribution >= 0.6 is 0 Å². The second-order valence-electron chi connectivity index (χ2n) is 4.87. The molecule has 0 aliphatic carbocycles. The van der Waals surface area contributed by atoms with E-state index >= 15 is 0 Å². The van der Waals surface area contributed by atoms with Crippen molar-refractivity contribution < 1.29 is 0 Å². The maximum absolute atomic E-state index is 5.72. The predicted molar refractivity (Wildman–Crippen MR) is 81.6 cm³/mol. The number of nitrogens with zero attached hydrogens (tertiary/aromatic N) is 4. The van der Waals surface area contributed by atoms with Gasteiger partial charge in [0.25, 0.3) is 0 Å². The van der Waals surface area contributed by atoms with Crippen LogP contribution in [0.25, 0.3) is 28.1 Å². The second-order valence-corrected chi connectivity index (χ2v) is 4.87. The normalized spacial score (nSPS) is 11.3. The summed E-state index contributed by atoms with van der Waals surface area (Å²) in [6.07, 6.45) is 1.74. The number of para-hydroxylation sites is 2. The van der Waals surface area contributed by atoms with Gasteiger partial charge in [-0.2, -0.15) is 0 Å². The molecule has 0 bridgehead atoms. The molecular formula is C16H13N5. The fraction of sp³-hybridized carbons (Fsp3) is 0.0625. The van der Waals surface area contributed by atoms with E-state index in [4.69, 9.17) is 5.73 Å². The maximum atomic E-state index is 5.72. The number of hydrogen-bond acceptors (Lipinski definition) is 4. The highest BCUT2D eigenvalue weighted by molar-refractivity contribution is 5.79. The van der Waals surface area contributed by atoms with Gasteiger partial charge in [-0.05, 0) is 23.8 Å². The Bertz CT molecular complexity index is 942. The van der Waals surface area contributed by atoms with Crippen LogP contribution in [0.4, 0.5) is 0 Å². The van der Waals surface area contributed by atoms with E-state index in [1.54, 1.807) is 6.20 Å². The molecule has 21 heavy (non-hydrogen) atoms. The van der Waals surface area contributed by atoms with Crippen LogP contribution in [-0.4, -0.2) is 19.6 Å². The molecule has 2 aromatic carbocycles. The van der Waals surface area contributed by atoms with Crippen molar-refractivity contribution in [3.05, 3.63) is 60.3 Å². The van der Waals surface area contributed by atoms with Crippen molar-refractivity contribution in [1.29, 1.82) is 0 Å². The topological polar surface area (TPSA) is 69.1 Å². The summed E-state index contributed by atoms with van der Waals surface area (Å²) in [6.45, 7) is 0.507. The Hall–Kier alpha value is -2.79. The average Bonchev–Trinajstić information content (AvgIpc) is 2.99. The van der Waals surface area contributed by atoms with Gasteiger partial charge in [0.1, 0.15) is 0 Å². The molecule has 0 fully saturated rings. The molecule has 0 saturated carbocycles. The van der Waals surface area contributed by atoms with Gasteiger partial charge >= 0.3 is 0 Å². The van der Waals surface area contributed by atoms with E-state index < -0.39 is 0 Å². The predicted octanol–water partition coefficient (Wildman–Crippen LogP) is 2.40. The third kappa shape index (κ3) is 1.86. The number of hydrogen-bond donors (Lipinski definition) is 1. The Balaban J connectivity index is 2.06. The Morgan fingerprint density at radius 3 is 2.81 bits per heavy atom. The molecule has 0 unspecified atom stereocenters. The molecule has 4 rings (SSSR count). The van der Waals surface area contributed by atoms with Crippen LogP contribution in [-0.2, 0) is 6.54 Å². The first kappa shape index (κ1) is 12.0. The van der Waals surface area contributed by atoms with Crippen LogP contribution < -0.4 is 5.73 Å². The molecule has 2 heterocycles. The minimum atomic E-state index is 0.507. The van der Waals surface area contributed by atoms with E-state index in [1.807, 2.05) is 52.9 Å². The summed E-state index contributed by atoms with van der Waals surface area (Å²) >= 11 is 0. The lowest BCUT2D eigenvalue weighted by Crippen LogP contribution is -1.97. The van der Waals surface area contributed by atoms with E-state index in [0.717, 1.165) is 33.6 Å². The molecule has 0 spiro atoms. The lowest BCUT2D eigenvalue weighted by Gasteiger charge is -2.05. The van der Waals surface area contributed by atoms with Crippen LogP contribution in [0.1, 0.15) is 5.56 Å². The van der Waals surface area contributed by atoms with Crippen LogP contribution in [0.3, 0.4) is 0 Å². The van der Waals surface area contributed by atoms with E-state index in [0.29, 0.717) is 6.54 Å². The Morgan fingerprint density at radius 2 is 1.90 bits per heavy atom. The smallest absolute Gasteiger partial charge is 0.180 e. The van der Waals surface area contributed by atoms with E-state index in [1.165, 1.54) is 0 Å². The van der Waals surface area contributed by atoms with Crippen LogP contribution in [0, 0.1) is 0 Å². The molecule has 0 saturated heterocycles. The Labute approximate surface area is 121 Å². The summed E-state index contributed by atoms with van der Waals surface area (Å²) in [5, 5.41) is 8.54. The largest absolute Gasteiger partial charge is 0.326 e. The summed E-state index contributed by atoms with van der Waals surface area (Å²) in [6, 6.07) is 16.0. The molecule has 0 aliphatic rings.